The highest BCUT2D eigenvalue weighted by molar-refractivity contribution is 9.10. The van der Waals surface area contributed by atoms with Gasteiger partial charge < -0.3 is 14.8 Å². The molecule has 0 heterocycles. The molecule has 0 saturated carbocycles. The molecule has 8 heteroatoms. The summed E-state index contributed by atoms with van der Waals surface area (Å²) < 4.78 is 26.0. The van der Waals surface area contributed by atoms with E-state index in [0.717, 1.165) is 0 Å². The Balaban J connectivity index is 1.87. The number of amides is 1. The first-order valence-electron chi connectivity index (χ1n) is 9.93. The highest BCUT2D eigenvalue weighted by atomic mass is 79.9. The first-order chi connectivity index (χ1) is 15.9. The SMILES string of the molecule is CCOc1cc(/C=C(\C#N)C(=O)Nc2ccccc2Cl)cc(Br)c1OCc1ccccc1F. The number of anilines is 1. The second kappa shape index (κ2) is 11.5. The number of hydrogen-bond acceptors (Lipinski definition) is 4. The molecule has 0 unspecified atom stereocenters. The van der Waals surface area contributed by atoms with Gasteiger partial charge in [-0.2, -0.15) is 5.26 Å². The van der Waals surface area contributed by atoms with Crippen LogP contribution in [-0.4, -0.2) is 12.5 Å². The Labute approximate surface area is 204 Å². The summed E-state index contributed by atoms with van der Waals surface area (Å²) >= 11 is 9.52. The van der Waals surface area contributed by atoms with Gasteiger partial charge in [0.1, 0.15) is 24.1 Å². The van der Waals surface area contributed by atoms with E-state index in [2.05, 4.69) is 21.2 Å². The summed E-state index contributed by atoms with van der Waals surface area (Å²) in [5.41, 5.74) is 1.22. The summed E-state index contributed by atoms with van der Waals surface area (Å²) in [7, 11) is 0. The van der Waals surface area contributed by atoms with Gasteiger partial charge in [0.15, 0.2) is 11.5 Å². The van der Waals surface area contributed by atoms with Crippen molar-refractivity contribution < 1.29 is 18.7 Å². The quantitative estimate of drug-likeness (QED) is 0.258. The van der Waals surface area contributed by atoms with E-state index >= 15 is 0 Å². The van der Waals surface area contributed by atoms with E-state index < -0.39 is 5.91 Å². The zero-order valence-electron chi connectivity index (χ0n) is 17.6. The van der Waals surface area contributed by atoms with Crippen molar-refractivity contribution in [2.45, 2.75) is 13.5 Å². The number of halogens is 3. The molecule has 0 aliphatic rings. The van der Waals surface area contributed by atoms with Crippen LogP contribution in [0.1, 0.15) is 18.1 Å². The highest BCUT2D eigenvalue weighted by Crippen LogP contribution is 2.38. The zero-order valence-corrected chi connectivity index (χ0v) is 19.9. The molecule has 1 N–H and O–H groups in total. The first kappa shape index (κ1) is 24.3. The predicted octanol–water partition coefficient (Wildman–Crippen LogP) is 6.76. The number of rotatable bonds is 8. The summed E-state index contributed by atoms with van der Waals surface area (Å²) in [4.78, 5) is 12.6. The molecule has 0 spiro atoms. The molecule has 0 radical (unpaired) electrons. The van der Waals surface area contributed by atoms with E-state index in [4.69, 9.17) is 21.1 Å². The number of hydrogen-bond donors (Lipinski definition) is 1. The molecule has 0 aliphatic heterocycles. The maximum absolute atomic E-state index is 13.9. The lowest BCUT2D eigenvalue weighted by Gasteiger charge is -2.15. The Morgan fingerprint density at radius 3 is 2.61 bits per heavy atom. The van der Waals surface area contributed by atoms with Gasteiger partial charge in [-0.05, 0) is 64.8 Å². The minimum atomic E-state index is -0.598. The molecular weight excluding hydrogens is 511 g/mol. The highest BCUT2D eigenvalue weighted by Gasteiger charge is 2.16. The summed E-state index contributed by atoms with van der Waals surface area (Å²) in [6, 6.07) is 18.3. The Kier molecular flexibility index (Phi) is 8.47. The molecule has 3 aromatic carbocycles. The lowest BCUT2D eigenvalue weighted by molar-refractivity contribution is -0.112. The normalized spacial score (nSPS) is 10.9. The average Bonchev–Trinajstić information content (AvgIpc) is 2.79. The monoisotopic (exact) mass is 528 g/mol. The molecular formula is C25H19BrClFN2O3. The fraction of sp³-hybridized carbons (Fsp3) is 0.120. The molecule has 0 saturated heterocycles. The molecule has 0 bridgehead atoms. The largest absolute Gasteiger partial charge is 0.490 e. The Bertz CT molecular complexity index is 1240. The fourth-order valence-corrected chi connectivity index (χ4v) is 3.66. The van der Waals surface area contributed by atoms with Gasteiger partial charge in [0.2, 0.25) is 0 Å². The van der Waals surface area contributed by atoms with Gasteiger partial charge in [0, 0.05) is 5.56 Å². The number of nitrogens with zero attached hydrogens (tertiary/aromatic N) is 1. The predicted molar refractivity (Wildman–Crippen MR) is 130 cm³/mol. The second-order valence-electron chi connectivity index (χ2n) is 6.75. The smallest absolute Gasteiger partial charge is 0.266 e. The van der Waals surface area contributed by atoms with Crippen LogP contribution < -0.4 is 14.8 Å². The van der Waals surface area contributed by atoms with Crippen LogP contribution >= 0.6 is 27.5 Å². The Morgan fingerprint density at radius 2 is 1.91 bits per heavy atom. The molecule has 0 aliphatic carbocycles. The molecule has 0 aromatic heterocycles. The molecule has 1 amide bonds. The van der Waals surface area contributed by atoms with Gasteiger partial charge in [0.25, 0.3) is 5.91 Å². The number of para-hydroxylation sites is 1. The van der Waals surface area contributed by atoms with Gasteiger partial charge in [-0.1, -0.05) is 41.9 Å². The van der Waals surface area contributed by atoms with Gasteiger partial charge in [-0.25, -0.2) is 4.39 Å². The van der Waals surface area contributed by atoms with E-state index in [0.29, 0.717) is 44.4 Å². The van der Waals surface area contributed by atoms with E-state index in [1.807, 2.05) is 13.0 Å². The molecule has 3 rings (SSSR count). The zero-order chi connectivity index (χ0) is 23.8. The van der Waals surface area contributed by atoms with Crippen molar-refractivity contribution in [2.24, 2.45) is 0 Å². The van der Waals surface area contributed by atoms with E-state index in [1.165, 1.54) is 12.1 Å². The van der Waals surface area contributed by atoms with Crippen LogP contribution in [0.3, 0.4) is 0 Å². The van der Waals surface area contributed by atoms with E-state index in [9.17, 15) is 14.4 Å². The average molecular weight is 530 g/mol. The summed E-state index contributed by atoms with van der Waals surface area (Å²) in [6.45, 7) is 2.17. The van der Waals surface area contributed by atoms with E-state index in [-0.39, 0.29) is 18.0 Å². The summed E-state index contributed by atoms with van der Waals surface area (Å²) in [6.07, 6.45) is 1.43. The number of carbonyl (C=O) groups excluding carboxylic acids is 1. The van der Waals surface area contributed by atoms with Crippen LogP contribution in [0.15, 0.2) is 70.7 Å². The fourth-order valence-electron chi connectivity index (χ4n) is 2.91. The lowest BCUT2D eigenvalue weighted by Crippen LogP contribution is -2.13. The van der Waals surface area contributed by atoms with Gasteiger partial charge in [0.05, 0.1) is 21.8 Å². The van der Waals surface area contributed by atoms with Crippen LogP contribution in [0, 0.1) is 17.1 Å². The van der Waals surface area contributed by atoms with Crippen molar-refractivity contribution in [1.82, 2.24) is 0 Å². The number of ether oxygens (including phenoxy) is 2. The minimum Gasteiger partial charge on any atom is -0.490 e. The van der Waals surface area contributed by atoms with Crippen LogP contribution in [0.5, 0.6) is 11.5 Å². The Hall–Kier alpha value is -3.34. The third-order valence-corrected chi connectivity index (χ3v) is 5.38. The van der Waals surface area contributed by atoms with Crippen LogP contribution in [0.4, 0.5) is 10.1 Å². The maximum Gasteiger partial charge on any atom is 0.266 e. The number of nitrogens with one attached hydrogen (secondary N) is 1. The number of carbonyl (C=O) groups is 1. The molecule has 0 fully saturated rings. The lowest BCUT2D eigenvalue weighted by atomic mass is 10.1. The molecule has 0 atom stereocenters. The molecule has 33 heavy (non-hydrogen) atoms. The van der Waals surface area contributed by atoms with Gasteiger partial charge in [-0.3, -0.25) is 4.79 Å². The topological polar surface area (TPSA) is 71.3 Å². The van der Waals surface area contributed by atoms with Gasteiger partial charge >= 0.3 is 0 Å². The van der Waals surface area contributed by atoms with Crippen molar-refractivity contribution in [3.05, 3.63) is 92.7 Å². The first-order valence-corrected chi connectivity index (χ1v) is 11.1. The molecule has 5 nitrogen and oxygen atoms in total. The third kappa shape index (κ3) is 6.35. The molecule has 3 aromatic rings. The third-order valence-electron chi connectivity index (χ3n) is 4.46. The van der Waals surface area contributed by atoms with Crippen molar-refractivity contribution in [1.29, 1.82) is 5.26 Å². The van der Waals surface area contributed by atoms with E-state index in [1.54, 1.807) is 54.6 Å². The number of nitriles is 1. The standard InChI is InChI=1S/C25H19BrClFN2O3/c1-2-32-23-13-16(11-18(14-29)25(31)30-22-10-6-4-8-20(22)27)12-19(26)24(23)33-15-17-7-3-5-9-21(17)28/h3-13H,2,15H2,1H3,(H,30,31)/b18-11+. The van der Waals surface area contributed by atoms with Gasteiger partial charge in [-0.15, -0.1) is 0 Å². The maximum atomic E-state index is 13.9. The van der Waals surface area contributed by atoms with Crippen molar-refractivity contribution in [2.75, 3.05) is 11.9 Å². The minimum absolute atomic E-state index is 0.00419. The van der Waals surface area contributed by atoms with Crippen LogP contribution in [-0.2, 0) is 11.4 Å². The summed E-state index contributed by atoms with van der Waals surface area (Å²) in [5.74, 6) is -0.191. The summed E-state index contributed by atoms with van der Waals surface area (Å²) in [5, 5.41) is 12.5. The number of benzene rings is 3. The molecule has 168 valence electrons. The second-order valence-corrected chi connectivity index (χ2v) is 8.01. The Morgan fingerprint density at radius 1 is 1.18 bits per heavy atom. The van der Waals surface area contributed by atoms with Crippen molar-refractivity contribution >= 4 is 45.2 Å². The van der Waals surface area contributed by atoms with Crippen molar-refractivity contribution in [3.63, 3.8) is 0 Å². The van der Waals surface area contributed by atoms with Crippen molar-refractivity contribution in [3.8, 4) is 17.6 Å². The van der Waals surface area contributed by atoms with Crippen LogP contribution in [0.2, 0.25) is 5.02 Å². The van der Waals surface area contributed by atoms with Crippen LogP contribution in [0.25, 0.3) is 6.08 Å².